The average molecular weight is 381 g/mol. The van der Waals surface area contributed by atoms with Crippen LogP contribution in [0.1, 0.15) is 25.3 Å². The molecule has 1 amide bonds. The number of sulfone groups is 1. The molecule has 6 nitrogen and oxygen atoms in total. The van der Waals surface area contributed by atoms with Crippen LogP contribution in [0.25, 0.3) is 5.57 Å². The molecular formula is C19H28N2O4S. The predicted molar refractivity (Wildman–Crippen MR) is 104 cm³/mol. The first-order valence-corrected chi connectivity index (χ1v) is 10.9. The molecule has 0 radical (unpaired) electrons. The monoisotopic (exact) mass is 380 g/mol. The molecule has 1 aromatic carbocycles. The van der Waals surface area contributed by atoms with Crippen LogP contribution in [0.5, 0.6) is 5.75 Å². The van der Waals surface area contributed by atoms with E-state index in [2.05, 4.69) is 10.2 Å². The molecule has 144 valence electrons. The molecule has 0 saturated carbocycles. The molecule has 0 spiro atoms. The van der Waals surface area contributed by atoms with E-state index in [0.29, 0.717) is 6.54 Å². The Bertz CT molecular complexity index is 751. The van der Waals surface area contributed by atoms with Crippen molar-refractivity contribution in [1.82, 2.24) is 10.2 Å². The van der Waals surface area contributed by atoms with Crippen LogP contribution in [-0.4, -0.2) is 64.0 Å². The molecule has 0 aliphatic carbocycles. The molecule has 1 N–H and O–H groups in total. The third-order valence-corrected chi connectivity index (χ3v) is 5.52. The van der Waals surface area contributed by atoms with Crippen molar-refractivity contribution in [3.63, 3.8) is 0 Å². The molecule has 0 bridgehead atoms. The zero-order valence-corrected chi connectivity index (χ0v) is 16.5. The van der Waals surface area contributed by atoms with Crippen molar-refractivity contribution in [1.29, 1.82) is 0 Å². The summed E-state index contributed by atoms with van der Waals surface area (Å²) in [6.07, 6.45) is 4.53. The molecule has 0 unspecified atom stereocenters. The first kappa shape index (κ1) is 20.5. The fourth-order valence-corrected chi connectivity index (χ4v) is 3.67. The molecule has 1 fully saturated rings. The summed E-state index contributed by atoms with van der Waals surface area (Å²) in [5.74, 6) is 0.821. The predicted octanol–water partition coefficient (Wildman–Crippen LogP) is 1.72. The standard InChI is InChI=1S/C19H28N2O4S/c1-15(17-6-4-5-7-18(17)25-2)14-19(22)20-16-8-10-21(11-9-16)12-13-26(3,23)24/h4-7,14,16H,8-13H2,1-3H3,(H,20,22). The number of methoxy groups -OCH3 is 1. The summed E-state index contributed by atoms with van der Waals surface area (Å²) in [6, 6.07) is 7.74. The van der Waals surface area contributed by atoms with E-state index in [1.807, 2.05) is 31.2 Å². The second kappa shape index (κ2) is 9.19. The molecule has 1 saturated heterocycles. The maximum Gasteiger partial charge on any atom is 0.244 e. The van der Waals surface area contributed by atoms with Gasteiger partial charge in [0.15, 0.2) is 0 Å². The van der Waals surface area contributed by atoms with Crippen molar-refractivity contribution < 1.29 is 17.9 Å². The van der Waals surface area contributed by atoms with E-state index in [-0.39, 0.29) is 17.7 Å². The maximum absolute atomic E-state index is 12.3. The summed E-state index contributed by atoms with van der Waals surface area (Å²) < 4.78 is 27.8. The summed E-state index contributed by atoms with van der Waals surface area (Å²) in [4.78, 5) is 14.5. The van der Waals surface area contributed by atoms with E-state index in [0.717, 1.165) is 42.8 Å². The molecule has 0 atom stereocenters. The molecule has 1 heterocycles. The highest BCUT2D eigenvalue weighted by molar-refractivity contribution is 7.90. The number of ether oxygens (including phenoxy) is 1. The Morgan fingerprint density at radius 1 is 1.31 bits per heavy atom. The van der Waals surface area contributed by atoms with Crippen molar-refractivity contribution in [2.75, 3.05) is 38.8 Å². The second-order valence-corrected chi connectivity index (χ2v) is 9.04. The van der Waals surface area contributed by atoms with E-state index in [1.54, 1.807) is 13.2 Å². The van der Waals surface area contributed by atoms with Crippen LogP contribution in [0, 0.1) is 0 Å². The third kappa shape index (κ3) is 6.46. The Morgan fingerprint density at radius 3 is 2.58 bits per heavy atom. The Hall–Kier alpha value is -1.86. The van der Waals surface area contributed by atoms with Crippen LogP contribution >= 0.6 is 0 Å². The van der Waals surface area contributed by atoms with Gasteiger partial charge < -0.3 is 15.0 Å². The number of amides is 1. The van der Waals surface area contributed by atoms with Crippen molar-refractivity contribution in [3.05, 3.63) is 35.9 Å². The van der Waals surface area contributed by atoms with Gasteiger partial charge in [-0.1, -0.05) is 18.2 Å². The van der Waals surface area contributed by atoms with Crippen molar-refractivity contribution in [2.45, 2.75) is 25.8 Å². The molecule has 0 aromatic heterocycles. The van der Waals surface area contributed by atoms with Crippen LogP contribution in [-0.2, 0) is 14.6 Å². The molecular weight excluding hydrogens is 352 g/mol. The number of allylic oxidation sites excluding steroid dienone is 1. The smallest absolute Gasteiger partial charge is 0.244 e. The van der Waals surface area contributed by atoms with Crippen LogP contribution in [0.2, 0.25) is 0 Å². The van der Waals surface area contributed by atoms with Gasteiger partial charge in [-0.25, -0.2) is 8.42 Å². The number of carbonyl (C=O) groups excluding carboxylic acids is 1. The first-order valence-electron chi connectivity index (χ1n) is 8.81. The van der Waals surface area contributed by atoms with E-state index in [9.17, 15) is 13.2 Å². The van der Waals surface area contributed by atoms with Crippen LogP contribution < -0.4 is 10.1 Å². The lowest BCUT2D eigenvalue weighted by molar-refractivity contribution is -0.117. The Kier molecular flexibility index (Phi) is 7.23. The lowest BCUT2D eigenvalue weighted by Crippen LogP contribution is -2.45. The van der Waals surface area contributed by atoms with Crippen LogP contribution in [0.15, 0.2) is 30.3 Å². The lowest BCUT2D eigenvalue weighted by atomic mass is 10.0. The summed E-state index contributed by atoms with van der Waals surface area (Å²) in [6.45, 7) is 4.06. The Labute approximate surface area is 156 Å². The number of benzene rings is 1. The molecule has 1 aromatic rings. The number of hydrogen-bond donors (Lipinski definition) is 1. The fraction of sp³-hybridized carbons (Fsp3) is 0.526. The second-order valence-electron chi connectivity index (χ2n) is 6.78. The topological polar surface area (TPSA) is 75.7 Å². The van der Waals surface area contributed by atoms with E-state index in [1.165, 1.54) is 6.26 Å². The number of carbonyl (C=O) groups is 1. The summed E-state index contributed by atoms with van der Waals surface area (Å²) in [7, 11) is -1.32. The van der Waals surface area contributed by atoms with Gasteiger partial charge in [-0.3, -0.25) is 4.79 Å². The number of hydrogen-bond acceptors (Lipinski definition) is 5. The maximum atomic E-state index is 12.3. The molecule has 1 aliphatic rings. The van der Waals surface area contributed by atoms with Crippen LogP contribution in [0.3, 0.4) is 0 Å². The molecule has 2 rings (SSSR count). The van der Waals surface area contributed by atoms with Crippen molar-refractivity contribution in [3.8, 4) is 5.75 Å². The van der Waals surface area contributed by atoms with Gasteiger partial charge in [0, 0.05) is 43.6 Å². The highest BCUT2D eigenvalue weighted by Gasteiger charge is 2.21. The van der Waals surface area contributed by atoms with Crippen LogP contribution in [0.4, 0.5) is 0 Å². The minimum Gasteiger partial charge on any atom is -0.496 e. The van der Waals surface area contributed by atoms with Gasteiger partial charge in [0.2, 0.25) is 5.91 Å². The van der Waals surface area contributed by atoms with E-state index in [4.69, 9.17) is 4.74 Å². The van der Waals surface area contributed by atoms with Crippen molar-refractivity contribution >= 4 is 21.3 Å². The van der Waals surface area contributed by atoms with E-state index >= 15 is 0 Å². The Morgan fingerprint density at radius 2 is 1.96 bits per heavy atom. The molecule has 1 aliphatic heterocycles. The van der Waals surface area contributed by atoms with Gasteiger partial charge in [0.05, 0.1) is 12.9 Å². The van der Waals surface area contributed by atoms with Gasteiger partial charge in [-0.2, -0.15) is 0 Å². The number of para-hydroxylation sites is 1. The van der Waals surface area contributed by atoms with Gasteiger partial charge in [0.25, 0.3) is 0 Å². The van der Waals surface area contributed by atoms with Gasteiger partial charge in [0.1, 0.15) is 15.6 Å². The highest BCUT2D eigenvalue weighted by atomic mass is 32.2. The average Bonchev–Trinajstić information content (AvgIpc) is 2.60. The minimum atomic E-state index is -2.93. The van der Waals surface area contributed by atoms with Crippen molar-refractivity contribution in [2.24, 2.45) is 0 Å². The first-order chi connectivity index (χ1) is 12.3. The Balaban J connectivity index is 1.85. The lowest BCUT2D eigenvalue weighted by Gasteiger charge is -2.31. The number of piperidine rings is 1. The highest BCUT2D eigenvalue weighted by Crippen LogP contribution is 2.25. The summed E-state index contributed by atoms with van der Waals surface area (Å²) in [5.41, 5.74) is 1.76. The zero-order chi connectivity index (χ0) is 19.2. The number of likely N-dealkylation sites (tertiary alicyclic amines) is 1. The molecule has 7 heteroatoms. The normalized spacial score (nSPS) is 17.1. The fourth-order valence-electron chi connectivity index (χ4n) is 3.08. The zero-order valence-electron chi connectivity index (χ0n) is 15.7. The number of nitrogens with one attached hydrogen (secondary N) is 1. The molecule has 26 heavy (non-hydrogen) atoms. The SMILES string of the molecule is COc1ccccc1C(C)=CC(=O)NC1CCN(CCS(C)(=O)=O)CC1. The van der Waals surface area contributed by atoms with Gasteiger partial charge >= 0.3 is 0 Å². The number of nitrogens with zero attached hydrogens (tertiary/aromatic N) is 1. The largest absolute Gasteiger partial charge is 0.496 e. The number of rotatable bonds is 7. The van der Waals surface area contributed by atoms with E-state index < -0.39 is 9.84 Å². The van der Waals surface area contributed by atoms with Gasteiger partial charge in [-0.15, -0.1) is 0 Å². The third-order valence-electron chi connectivity index (χ3n) is 4.59. The van der Waals surface area contributed by atoms with Gasteiger partial charge in [-0.05, 0) is 31.4 Å². The summed E-state index contributed by atoms with van der Waals surface area (Å²) in [5, 5.41) is 3.05. The minimum absolute atomic E-state index is 0.108. The summed E-state index contributed by atoms with van der Waals surface area (Å²) >= 11 is 0. The quantitative estimate of drug-likeness (QED) is 0.729.